The minimum Gasteiger partial charge on any atom is -0.0680 e. The fourth-order valence-corrected chi connectivity index (χ4v) is 2.70. The molecule has 0 amide bonds. The van der Waals surface area contributed by atoms with Crippen molar-refractivity contribution in [3.63, 3.8) is 0 Å². The molecule has 0 unspecified atom stereocenters. The summed E-state index contributed by atoms with van der Waals surface area (Å²) in [4.78, 5) is 0. The van der Waals surface area contributed by atoms with Gasteiger partial charge < -0.3 is 0 Å². The molecule has 2 rings (SSSR count). The lowest BCUT2D eigenvalue weighted by Crippen LogP contribution is -1.93. The van der Waals surface area contributed by atoms with Crippen LogP contribution in [0.5, 0.6) is 0 Å². The molecule has 0 aliphatic rings. The number of aryl methyl sites for hydroxylation is 1. The number of benzene rings is 2. The van der Waals surface area contributed by atoms with Crippen molar-refractivity contribution in [1.82, 2.24) is 0 Å². The van der Waals surface area contributed by atoms with Gasteiger partial charge in [-0.05, 0) is 55.2 Å². The normalized spacial score (nSPS) is 10.2. The number of hydrogen-bond donors (Lipinski definition) is 0. The summed E-state index contributed by atoms with van der Waals surface area (Å²) in [5.74, 6) is 0. The van der Waals surface area contributed by atoms with Crippen molar-refractivity contribution < 1.29 is 0 Å². The number of halogens is 1. The van der Waals surface area contributed by atoms with Crippen molar-refractivity contribution in [2.75, 3.05) is 0 Å². The summed E-state index contributed by atoms with van der Waals surface area (Å²) in [6.07, 6.45) is 0. The van der Waals surface area contributed by atoms with E-state index in [0.29, 0.717) is 0 Å². The molecule has 92 valence electrons. The molecule has 1 heteroatoms. The molecule has 18 heavy (non-hydrogen) atoms. The zero-order valence-corrected chi connectivity index (χ0v) is 12.6. The van der Waals surface area contributed by atoms with E-state index < -0.39 is 0 Å². The second-order valence-electron chi connectivity index (χ2n) is 4.70. The van der Waals surface area contributed by atoms with E-state index in [0.717, 1.165) is 4.47 Å². The SMILES string of the molecule is CC(C)=C(c1ccccc1)c1ccc(Br)cc1C. The molecule has 0 saturated carbocycles. The topological polar surface area (TPSA) is 0 Å². The van der Waals surface area contributed by atoms with Crippen molar-refractivity contribution in [3.8, 4) is 0 Å². The lowest BCUT2D eigenvalue weighted by atomic mass is 9.91. The summed E-state index contributed by atoms with van der Waals surface area (Å²) >= 11 is 3.52. The Labute approximate surface area is 117 Å². The fraction of sp³-hybridized carbons (Fsp3) is 0.176. The second kappa shape index (κ2) is 5.53. The monoisotopic (exact) mass is 300 g/mol. The molecule has 0 atom stereocenters. The van der Waals surface area contributed by atoms with E-state index in [1.165, 1.54) is 27.8 Å². The van der Waals surface area contributed by atoms with Gasteiger partial charge in [-0.15, -0.1) is 0 Å². The molecule has 0 saturated heterocycles. The van der Waals surface area contributed by atoms with Crippen molar-refractivity contribution in [3.05, 3.63) is 75.3 Å². The van der Waals surface area contributed by atoms with E-state index in [1.54, 1.807) is 0 Å². The van der Waals surface area contributed by atoms with Crippen LogP contribution >= 0.6 is 15.9 Å². The zero-order valence-electron chi connectivity index (χ0n) is 11.0. The van der Waals surface area contributed by atoms with Gasteiger partial charge in [0.25, 0.3) is 0 Å². The van der Waals surface area contributed by atoms with Crippen molar-refractivity contribution in [2.24, 2.45) is 0 Å². The molecule has 2 aromatic rings. The Hall–Kier alpha value is -1.34. The van der Waals surface area contributed by atoms with Crippen LogP contribution in [-0.4, -0.2) is 0 Å². The standard InChI is InChI=1S/C17H17Br/c1-12(2)17(14-7-5-4-6-8-14)16-10-9-15(18)11-13(16)3/h4-11H,1-3H3. The third-order valence-electron chi connectivity index (χ3n) is 3.02. The van der Waals surface area contributed by atoms with Crippen LogP contribution in [-0.2, 0) is 0 Å². The Kier molecular flexibility index (Phi) is 4.03. The molecule has 0 spiro atoms. The van der Waals surface area contributed by atoms with Gasteiger partial charge >= 0.3 is 0 Å². The molecular formula is C17H17Br. The number of rotatable bonds is 2. The highest BCUT2D eigenvalue weighted by atomic mass is 79.9. The quantitative estimate of drug-likeness (QED) is 0.677. The van der Waals surface area contributed by atoms with Gasteiger partial charge in [-0.25, -0.2) is 0 Å². The van der Waals surface area contributed by atoms with Crippen LogP contribution in [0, 0.1) is 6.92 Å². The third-order valence-corrected chi connectivity index (χ3v) is 3.51. The highest BCUT2D eigenvalue weighted by molar-refractivity contribution is 9.10. The fourth-order valence-electron chi connectivity index (χ4n) is 2.23. The second-order valence-corrected chi connectivity index (χ2v) is 5.62. The van der Waals surface area contributed by atoms with Gasteiger partial charge in [0.1, 0.15) is 0 Å². The Balaban J connectivity index is 2.61. The van der Waals surface area contributed by atoms with Gasteiger partial charge in [-0.3, -0.25) is 0 Å². The van der Waals surface area contributed by atoms with Crippen LogP contribution in [0.25, 0.3) is 5.57 Å². The summed E-state index contributed by atoms with van der Waals surface area (Å²) < 4.78 is 1.13. The zero-order chi connectivity index (χ0) is 13.1. The Bertz CT molecular complexity index is 576. The van der Waals surface area contributed by atoms with Crippen LogP contribution in [0.3, 0.4) is 0 Å². The molecular weight excluding hydrogens is 284 g/mol. The average Bonchev–Trinajstić information content (AvgIpc) is 2.33. The molecule has 0 heterocycles. The predicted molar refractivity (Wildman–Crippen MR) is 82.7 cm³/mol. The van der Waals surface area contributed by atoms with Crippen molar-refractivity contribution in [2.45, 2.75) is 20.8 Å². The van der Waals surface area contributed by atoms with Gasteiger partial charge in [0.2, 0.25) is 0 Å². The lowest BCUT2D eigenvalue weighted by Gasteiger charge is -2.14. The highest BCUT2D eigenvalue weighted by Gasteiger charge is 2.09. The number of allylic oxidation sites excluding steroid dienone is 1. The van der Waals surface area contributed by atoms with E-state index in [2.05, 4.69) is 85.2 Å². The minimum atomic E-state index is 1.13. The first-order valence-electron chi connectivity index (χ1n) is 6.09. The Morgan fingerprint density at radius 3 is 2.17 bits per heavy atom. The molecule has 0 aromatic heterocycles. The molecule has 0 aliphatic carbocycles. The first kappa shape index (κ1) is 13.1. The maximum absolute atomic E-state index is 3.52. The van der Waals surface area contributed by atoms with Gasteiger partial charge in [-0.1, -0.05) is 57.9 Å². The smallest absolute Gasteiger partial charge is 0.0178 e. The van der Waals surface area contributed by atoms with Crippen molar-refractivity contribution in [1.29, 1.82) is 0 Å². The van der Waals surface area contributed by atoms with E-state index in [4.69, 9.17) is 0 Å². The maximum atomic E-state index is 3.52. The summed E-state index contributed by atoms with van der Waals surface area (Å²) in [5.41, 5.74) is 6.56. The van der Waals surface area contributed by atoms with E-state index in [1.807, 2.05) is 0 Å². The molecule has 2 aromatic carbocycles. The lowest BCUT2D eigenvalue weighted by molar-refractivity contribution is 1.33. The highest BCUT2D eigenvalue weighted by Crippen LogP contribution is 2.30. The Morgan fingerprint density at radius 2 is 1.61 bits per heavy atom. The Morgan fingerprint density at radius 1 is 0.944 bits per heavy atom. The molecule has 0 N–H and O–H groups in total. The summed E-state index contributed by atoms with van der Waals surface area (Å²) in [6, 6.07) is 17.0. The maximum Gasteiger partial charge on any atom is 0.0178 e. The summed E-state index contributed by atoms with van der Waals surface area (Å²) in [5, 5.41) is 0. The van der Waals surface area contributed by atoms with E-state index in [-0.39, 0.29) is 0 Å². The summed E-state index contributed by atoms with van der Waals surface area (Å²) in [7, 11) is 0. The average molecular weight is 301 g/mol. The van der Waals surface area contributed by atoms with Crippen LogP contribution in [0.15, 0.2) is 58.6 Å². The van der Waals surface area contributed by atoms with Gasteiger partial charge in [0.15, 0.2) is 0 Å². The van der Waals surface area contributed by atoms with Gasteiger partial charge in [-0.2, -0.15) is 0 Å². The molecule has 0 bridgehead atoms. The largest absolute Gasteiger partial charge is 0.0680 e. The predicted octanol–water partition coefficient (Wildman–Crippen LogP) is 5.60. The first-order valence-corrected chi connectivity index (χ1v) is 6.88. The minimum absolute atomic E-state index is 1.13. The number of hydrogen-bond acceptors (Lipinski definition) is 0. The van der Waals surface area contributed by atoms with E-state index >= 15 is 0 Å². The van der Waals surface area contributed by atoms with Crippen LogP contribution < -0.4 is 0 Å². The van der Waals surface area contributed by atoms with Crippen LogP contribution in [0.1, 0.15) is 30.5 Å². The molecule has 0 aliphatic heterocycles. The van der Waals surface area contributed by atoms with Crippen LogP contribution in [0.2, 0.25) is 0 Å². The van der Waals surface area contributed by atoms with E-state index in [9.17, 15) is 0 Å². The third kappa shape index (κ3) is 2.73. The molecule has 0 fully saturated rings. The molecule has 0 nitrogen and oxygen atoms in total. The first-order chi connectivity index (χ1) is 8.59. The van der Waals surface area contributed by atoms with Gasteiger partial charge in [0, 0.05) is 4.47 Å². The molecule has 0 radical (unpaired) electrons. The summed E-state index contributed by atoms with van der Waals surface area (Å²) in [6.45, 7) is 6.50. The van der Waals surface area contributed by atoms with Crippen LogP contribution in [0.4, 0.5) is 0 Å². The van der Waals surface area contributed by atoms with Gasteiger partial charge in [0.05, 0.1) is 0 Å². The van der Waals surface area contributed by atoms with Crippen molar-refractivity contribution >= 4 is 21.5 Å².